The van der Waals surface area contributed by atoms with E-state index in [9.17, 15) is 9.90 Å². The van der Waals surface area contributed by atoms with Gasteiger partial charge < -0.3 is 10.4 Å². The molecule has 0 atom stereocenters. The van der Waals surface area contributed by atoms with Crippen molar-refractivity contribution in [3.63, 3.8) is 0 Å². The molecule has 0 aliphatic heterocycles. The van der Waals surface area contributed by atoms with Crippen LogP contribution in [0.2, 0.25) is 0 Å². The summed E-state index contributed by atoms with van der Waals surface area (Å²) in [6.07, 6.45) is 0. The highest BCUT2D eigenvalue weighted by atomic mass is 16.3. The Labute approximate surface area is 112 Å². The SMILES string of the molecule is Cc1cccc(CNC(=O)c2cccc(C)c2O)n1. The van der Waals surface area contributed by atoms with Gasteiger partial charge in [-0.2, -0.15) is 0 Å². The van der Waals surface area contributed by atoms with Crippen LogP contribution in [0.25, 0.3) is 0 Å². The van der Waals surface area contributed by atoms with E-state index < -0.39 is 0 Å². The van der Waals surface area contributed by atoms with Gasteiger partial charge in [-0.3, -0.25) is 9.78 Å². The molecule has 0 fully saturated rings. The molecule has 98 valence electrons. The Hall–Kier alpha value is -2.36. The van der Waals surface area contributed by atoms with Gasteiger partial charge in [0.15, 0.2) is 0 Å². The van der Waals surface area contributed by atoms with Crippen molar-refractivity contribution in [3.05, 3.63) is 58.9 Å². The average molecular weight is 256 g/mol. The van der Waals surface area contributed by atoms with Crippen LogP contribution < -0.4 is 5.32 Å². The van der Waals surface area contributed by atoms with Crippen LogP contribution in [0.5, 0.6) is 5.75 Å². The van der Waals surface area contributed by atoms with E-state index in [1.54, 1.807) is 25.1 Å². The molecule has 0 unspecified atom stereocenters. The number of nitrogens with zero attached hydrogens (tertiary/aromatic N) is 1. The second kappa shape index (κ2) is 5.52. The Morgan fingerprint density at radius 2 is 1.95 bits per heavy atom. The maximum absolute atomic E-state index is 12.0. The van der Waals surface area contributed by atoms with Gasteiger partial charge in [0.1, 0.15) is 5.75 Å². The normalized spacial score (nSPS) is 10.2. The van der Waals surface area contributed by atoms with Crippen molar-refractivity contribution in [1.29, 1.82) is 0 Å². The first-order valence-electron chi connectivity index (χ1n) is 6.07. The van der Waals surface area contributed by atoms with Crippen LogP contribution in [0.3, 0.4) is 0 Å². The average Bonchev–Trinajstić information content (AvgIpc) is 2.39. The van der Waals surface area contributed by atoms with Gasteiger partial charge in [0.2, 0.25) is 0 Å². The Bertz CT molecular complexity index is 609. The molecule has 1 heterocycles. The zero-order valence-electron chi connectivity index (χ0n) is 11.0. The summed E-state index contributed by atoms with van der Waals surface area (Å²) < 4.78 is 0. The van der Waals surface area contributed by atoms with Crippen LogP contribution in [0.4, 0.5) is 0 Å². The molecule has 19 heavy (non-hydrogen) atoms. The summed E-state index contributed by atoms with van der Waals surface area (Å²) in [5, 5.41) is 12.6. The van der Waals surface area contributed by atoms with E-state index in [2.05, 4.69) is 10.3 Å². The fourth-order valence-electron chi connectivity index (χ4n) is 1.81. The number of phenolic OH excluding ortho intramolecular Hbond substituents is 1. The largest absolute Gasteiger partial charge is 0.507 e. The number of nitrogens with one attached hydrogen (secondary N) is 1. The number of phenols is 1. The number of aryl methyl sites for hydroxylation is 2. The van der Waals surface area contributed by atoms with E-state index in [0.717, 1.165) is 11.4 Å². The number of aromatic hydroxyl groups is 1. The van der Waals surface area contributed by atoms with E-state index >= 15 is 0 Å². The van der Waals surface area contributed by atoms with Gasteiger partial charge in [0, 0.05) is 5.69 Å². The number of para-hydroxylation sites is 1. The number of carbonyl (C=O) groups is 1. The van der Waals surface area contributed by atoms with Crippen molar-refractivity contribution in [2.24, 2.45) is 0 Å². The van der Waals surface area contributed by atoms with Crippen LogP contribution in [0, 0.1) is 13.8 Å². The number of aromatic nitrogens is 1. The van der Waals surface area contributed by atoms with E-state index in [-0.39, 0.29) is 17.2 Å². The van der Waals surface area contributed by atoms with Crippen LogP contribution >= 0.6 is 0 Å². The molecule has 2 aromatic rings. The summed E-state index contributed by atoms with van der Waals surface area (Å²) in [7, 11) is 0. The molecule has 1 amide bonds. The minimum Gasteiger partial charge on any atom is -0.507 e. The van der Waals surface area contributed by atoms with Crippen molar-refractivity contribution < 1.29 is 9.90 Å². The highest BCUT2D eigenvalue weighted by Gasteiger charge is 2.12. The number of rotatable bonds is 3. The number of pyridine rings is 1. The lowest BCUT2D eigenvalue weighted by molar-refractivity contribution is 0.0947. The van der Waals surface area contributed by atoms with Crippen LogP contribution in [-0.2, 0) is 6.54 Å². The Kier molecular flexibility index (Phi) is 3.80. The smallest absolute Gasteiger partial charge is 0.255 e. The first-order valence-corrected chi connectivity index (χ1v) is 6.07. The van der Waals surface area contributed by atoms with Crippen molar-refractivity contribution in [1.82, 2.24) is 10.3 Å². The van der Waals surface area contributed by atoms with Crippen LogP contribution in [0.1, 0.15) is 27.3 Å². The van der Waals surface area contributed by atoms with Gasteiger partial charge in [-0.25, -0.2) is 0 Å². The third kappa shape index (κ3) is 3.10. The minimum atomic E-state index is -0.301. The molecule has 0 saturated heterocycles. The lowest BCUT2D eigenvalue weighted by Gasteiger charge is -2.08. The summed E-state index contributed by atoms with van der Waals surface area (Å²) >= 11 is 0. The predicted molar refractivity (Wildman–Crippen MR) is 73.0 cm³/mol. The lowest BCUT2D eigenvalue weighted by Crippen LogP contribution is -2.23. The van der Waals surface area contributed by atoms with Crippen LogP contribution in [-0.4, -0.2) is 16.0 Å². The first kappa shape index (κ1) is 13.1. The maximum atomic E-state index is 12.0. The third-order valence-corrected chi connectivity index (χ3v) is 2.86. The second-order valence-electron chi connectivity index (χ2n) is 4.42. The van der Waals surface area contributed by atoms with Gasteiger partial charge in [-0.05, 0) is 37.6 Å². The van der Waals surface area contributed by atoms with Crippen molar-refractivity contribution in [3.8, 4) is 5.75 Å². The third-order valence-electron chi connectivity index (χ3n) is 2.86. The summed E-state index contributed by atoms with van der Waals surface area (Å²) in [5.74, 6) is -0.276. The number of hydrogen-bond acceptors (Lipinski definition) is 3. The monoisotopic (exact) mass is 256 g/mol. The number of amides is 1. The Morgan fingerprint density at radius 3 is 2.68 bits per heavy atom. The molecule has 0 radical (unpaired) electrons. The number of carbonyl (C=O) groups excluding carboxylic acids is 1. The molecule has 4 nitrogen and oxygen atoms in total. The molecule has 0 saturated carbocycles. The van der Waals surface area contributed by atoms with Crippen molar-refractivity contribution in [2.45, 2.75) is 20.4 Å². The molecule has 2 N–H and O–H groups in total. The molecular formula is C15H16N2O2. The van der Waals surface area contributed by atoms with E-state index in [1.165, 1.54) is 0 Å². The van der Waals surface area contributed by atoms with E-state index in [4.69, 9.17) is 0 Å². The number of hydrogen-bond donors (Lipinski definition) is 2. The summed E-state index contributed by atoms with van der Waals surface area (Å²) in [6.45, 7) is 4.00. The van der Waals surface area contributed by atoms with Crippen molar-refractivity contribution in [2.75, 3.05) is 0 Å². The summed E-state index contributed by atoms with van der Waals surface area (Å²) in [6, 6.07) is 10.7. The first-order chi connectivity index (χ1) is 9.08. The molecule has 2 rings (SSSR count). The topological polar surface area (TPSA) is 62.2 Å². The minimum absolute atomic E-state index is 0.0252. The molecule has 0 spiro atoms. The zero-order chi connectivity index (χ0) is 13.8. The molecule has 0 aliphatic rings. The van der Waals surface area contributed by atoms with E-state index in [1.807, 2.05) is 25.1 Å². The van der Waals surface area contributed by atoms with Crippen molar-refractivity contribution >= 4 is 5.91 Å². The highest BCUT2D eigenvalue weighted by molar-refractivity contribution is 5.97. The molecule has 1 aromatic carbocycles. The van der Waals surface area contributed by atoms with Gasteiger partial charge >= 0.3 is 0 Å². The Balaban J connectivity index is 2.08. The fraction of sp³-hybridized carbons (Fsp3) is 0.200. The fourth-order valence-corrected chi connectivity index (χ4v) is 1.81. The van der Waals surface area contributed by atoms with Crippen LogP contribution in [0.15, 0.2) is 36.4 Å². The molecule has 1 aromatic heterocycles. The number of benzene rings is 1. The quantitative estimate of drug-likeness (QED) is 0.886. The summed E-state index contributed by atoms with van der Waals surface area (Å²) in [5.41, 5.74) is 2.67. The van der Waals surface area contributed by atoms with Gasteiger partial charge in [-0.15, -0.1) is 0 Å². The summed E-state index contributed by atoms with van der Waals surface area (Å²) in [4.78, 5) is 16.3. The molecule has 0 bridgehead atoms. The van der Waals surface area contributed by atoms with E-state index in [0.29, 0.717) is 12.1 Å². The highest BCUT2D eigenvalue weighted by Crippen LogP contribution is 2.21. The van der Waals surface area contributed by atoms with Gasteiger partial charge in [0.05, 0.1) is 17.8 Å². The molecule has 0 aliphatic carbocycles. The zero-order valence-corrected chi connectivity index (χ0v) is 11.0. The van der Waals surface area contributed by atoms with Gasteiger partial charge in [-0.1, -0.05) is 18.2 Å². The van der Waals surface area contributed by atoms with Gasteiger partial charge in [0.25, 0.3) is 5.91 Å². The molecule has 4 heteroatoms. The second-order valence-corrected chi connectivity index (χ2v) is 4.42. The molecular weight excluding hydrogens is 240 g/mol. The predicted octanol–water partition coefficient (Wildman–Crippen LogP) is 2.33. The lowest BCUT2D eigenvalue weighted by atomic mass is 10.1. The maximum Gasteiger partial charge on any atom is 0.255 e. The Morgan fingerprint density at radius 1 is 1.21 bits per heavy atom. The standard InChI is InChI=1S/C15H16N2O2/c1-10-5-3-8-13(14(10)18)15(19)16-9-12-7-4-6-11(2)17-12/h3-8,18H,9H2,1-2H3,(H,16,19).